The van der Waals surface area contributed by atoms with Gasteiger partial charge in [-0.05, 0) is 37.7 Å². The first-order valence-corrected chi connectivity index (χ1v) is 4.87. The minimum Gasteiger partial charge on any atom is -0.504 e. The van der Waals surface area contributed by atoms with E-state index in [1.165, 1.54) is 19.2 Å². The van der Waals surface area contributed by atoms with Gasteiger partial charge in [0.15, 0.2) is 11.5 Å². The van der Waals surface area contributed by atoms with Crippen molar-refractivity contribution in [1.82, 2.24) is 5.32 Å². The molecule has 0 spiro atoms. The van der Waals surface area contributed by atoms with E-state index in [1.807, 2.05) is 0 Å². The smallest absolute Gasteiger partial charge is 0.342 e. The maximum absolute atomic E-state index is 9.04. The summed E-state index contributed by atoms with van der Waals surface area (Å²) in [7, 11) is 1.21. The lowest BCUT2D eigenvalue weighted by molar-refractivity contribution is -0.328. The van der Waals surface area contributed by atoms with Crippen molar-refractivity contribution in [3.63, 3.8) is 0 Å². The van der Waals surface area contributed by atoms with E-state index >= 15 is 0 Å². The Morgan fingerprint density at radius 2 is 1.67 bits per heavy atom. The lowest BCUT2D eigenvalue weighted by atomic mass is 10.1. The number of phenolic OH excluding ortho intramolecular Hbond substituents is 2. The molecule has 0 bridgehead atoms. The summed E-state index contributed by atoms with van der Waals surface area (Å²) < 4.78 is 0. The molecular formula is C10H19ClN2O5. The SMILES string of the molecule is CNC(O)(O)O.Cl.NCCc1ccc(O)c(O)c1. The normalized spacial score (nSPS) is 10.1. The molecule has 8 heteroatoms. The van der Waals surface area contributed by atoms with Crippen molar-refractivity contribution in [3.05, 3.63) is 23.8 Å². The van der Waals surface area contributed by atoms with Crippen LogP contribution in [0.15, 0.2) is 18.2 Å². The van der Waals surface area contributed by atoms with Gasteiger partial charge in [-0.25, -0.2) is 5.32 Å². The quantitative estimate of drug-likeness (QED) is 0.273. The number of benzene rings is 1. The summed E-state index contributed by atoms with van der Waals surface area (Å²) in [4.78, 5) is 0. The summed E-state index contributed by atoms with van der Waals surface area (Å²) in [5.74, 6) is -0.179. The number of aliphatic hydroxyl groups is 3. The second-order valence-corrected chi connectivity index (χ2v) is 3.25. The van der Waals surface area contributed by atoms with Crippen LogP contribution in [-0.2, 0) is 6.42 Å². The maximum atomic E-state index is 9.04. The minimum absolute atomic E-state index is 0. The van der Waals surface area contributed by atoms with Gasteiger partial charge in [0.1, 0.15) is 0 Å². The monoisotopic (exact) mass is 282 g/mol. The number of nitrogens with one attached hydrogen (secondary N) is 1. The Morgan fingerprint density at radius 1 is 1.17 bits per heavy atom. The highest BCUT2D eigenvalue weighted by Crippen LogP contribution is 2.24. The fraction of sp³-hybridized carbons (Fsp3) is 0.400. The fourth-order valence-electron chi connectivity index (χ4n) is 0.891. The molecule has 1 aromatic carbocycles. The zero-order valence-electron chi connectivity index (χ0n) is 9.87. The molecule has 8 N–H and O–H groups in total. The summed E-state index contributed by atoms with van der Waals surface area (Å²) in [6, 6.07) is 4.71. The molecule has 0 saturated carbocycles. The van der Waals surface area contributed by atoms with Crippen LogP contribution in [0.1, 0.15) is 5.56 Å². The van der Waals surface area contributed by atoms with Crippen LogP contribution in [0, 0.1) is 0 Å². The van der Waals surface area contributed by atoms with Crippen molar-refractivity contribution in [3.8, 4) is 11.5 Å². The molecule has 1 rings (SSSR count). The number of aromatic hydroxyl groups is 2. The van der Waals surface area contributed by atoms with E-state index < -0.39 is 6.10 Å². The van der Waals surface area contributed by atoms with Crippen molar-refractivity contribution < 1.29 is 25.5 Å². The van der Waals surface area contributed by atoms with Gasteiger partial charge in [0.25, 0.3) is 0 Å². The van der Waals surface area contributed by atoms with E-state index in [9.17, 15) is 0 Å². The Labute approximate surface area is 111 Å². The predicted molar refractivity (Wildman–Crippen MR) is 68.2 cm³/mol. The number of phenols is 2. The standard InChI is InChI=1S/C8H11NO2.C2H7NO3.ClH/c9-4-3-6-1-2-7(10)8(11)5-6;1-3-2(4,5)6;/h1-2,5,10-11H,3-4,9H2;3-6H,1H3;1H. The minimum atomic E-state index is -2.71. The molecule has 0 aromatic heterocycles. The Hall–Kier alpha value is -1.09. The molecule has 0 atom stereocenters. The summed E-state index contributed by atoms with van der Waals surface area (Å²) in [5.41, 5.74) is 6.24. The van der Waals surface area contributed by atoms with Gasteiger partial charge in [0, 0.05) is 0 Å². The van der Waals surface area contributed by atoms with Crippen molar-refractivity contribution in [2.24, 2.45) is 5.73 Å². The summed E-state index contributed by atoms with van der Waals surface area (Å²) in [5, 5.41) is 43.2. The highest BCUT2D eigenvalue weighted by molar-refractivity contribution is 5.85. The Morgan fingerprint density at radius 3 is 2.00 bits per heavy atom. The zero-order chi connectivity index (χ0) is 13.5. The van der Waals surface area contributed by atoms with Gasteiger partial charge in [-0.2, -0.15) is 0 Å². The molecule has 0 fully saturated rings. The largest absolute Gasteiger partial charge is 0.504 e. The Bertz CT molecular complexity index is 344. The van der Waals surface area contributed by atoms with Crippen LogP contribution < -0.4 is 11.1 Å². The van der Waals surface area contributed by atoms with Gasteiger partial charge in [-0.3, -0.25) is 0 Å². The van der Waals surface area contributed by atoms with Gasteiger partial charge in [0.05, 0.1) is 0 Å². The van der Waals surface area contributed by atoms with Gasteiger partial charge >= 0.3 is 6.10 Å². The van der Waals surface area contributed by atoms with E-state index in [4.69, 9.17) is 31.3 Å². The Balaban J connectivity index is 0. The number of hydrogen-bond donors (Lipinski definition) is 7. The second-order valence-electron chi connectivity index (χ2n) is 3.25. The summed E-state index contributed by atoms with van der Waals surface area (Å²) >= 11 is 0. The third kappa shape index (κ3) is 8.99. The first kappa shape index (κ1) is 19.3. The van der Waals surface area contributed by atoms with Gasteiger partial charge in [-0.1, -0.05) is 6.07 Å². The van der Waals surface area contributed by atoms with Gasteiger partial charge in [0.2, 0.25) is 0 Å². The second kappa shape index (κ2) is 8.92. The molecule has 18 heavy (non-hydrogen) atoms. The highest BCUT2D eigenvalue weighted by Gasteiger charge is 2.11. The highest BCUT2D eigenvalue weighted by atomic mass is 35.5. The maximum Gasteiger partial charge on any atom is 0.342 e. The third-order valence-electron chi connectivity index (χ3n) is 1.81. The zero-order valence-corrected chi connectivity index (χ0v) is 10.7. The molecule has 1 aromatic rings. The van der Waals surface area contributed by atoms with Crippen molar-refractivity contribution >= 4 is 12.4 Å². The molecule has 0 unspecified atom stereocenters. The number of nitrogens with two attached hydrogens (primary N) is 1. The van der Waals surface area contributed by atoms with Crippen molar-refractivity contribution in [2.45, 2.75) is 12.5 Å². The van der Waals surface area contributed by atoms with Gasteiger partial charge in [-0.15, -0.1) is 12.4 Å². The Kier molecular flexibility index (Phi) is 9.54. The molecule has 0 aliphatic carbocycles. The fourth-order valence-corrected chi connectivity index (χ4v) is 0.891. The molecule has 106 valence electrons. The lowest BCUT2D eigenvalue weighted by Gasteiger charge is -2.09. The summed E-state index contributed by atoms with van der Waals surface area (Å²) in [6.07, 6.45) is -1.99. The molecular weight excluding hydrogens is 264 g/mol. The number of hydrogen-bond acceptors (Lipinski definition) is 7. The average molecular weight is 283 g/mol. The number of rotatable bonds is 3. The molecule has 0 aliphatic heterocycles. The molecule has 7 nitrogen and oxygen atoms in total. The first-order chi connectivity index (χ1) is 7.80. The van der Waals surface area contributed by atoms with Crippen LogP contribution in [0.5, 0.6) is 11.5 Å². The van der Waals surface area contributed by atoms with E-state index in [0.717, 1.165) is 5.56 Å². The number of halogens is 1. The van der Waals surface area contributed by atoms with Crippen LogP contribution in [0.4, 0.5) is 0 Å². The van der Waals surface area contributed by atoms with Crippen LogP contribution >= 0.6 is 12.4 Å². The van der Waals surface area contributed by atoms with Crippen molar-refractivity contribution in [1.29, 1.82) is 0 Å². The van der Waals surface area contributed by atoms with Crippen molar-refractivity contribution in [2.75, 3.05) is 13.6 Å². The topological polar surface area (TPSA) is 139 Å². The first-order valence-electron chi connectivity index (χ1n) is 4.87. The average Bonchev–Trinajstić information content (AvgIpc) is 2.24. The van der Waals surface area contributed by atoms with E-state index in [1.54, 1.807) is 11.4 Å². The predicted octanol–water partition coefficient (Wildman–Crippen LogP) is -1.19. The van der Waals surface area contributed by atoms with Crippen LogP contribution in [-0.4, -0.2) is 45.2 Å². The lowest BCUT2D eigenvalue weighted by Crippen LogP contribution is -2.41. The van der Waals surface area contributed by atoms with E-state index in [-0.39, 0.29) is 23.9 Å². The molecule has 0 radical (unpaired) electrons. The van der Waals surface area contributed by atoms with Crippen LogP contribution in [0.2, 0.25) is 0 Å². The van der Waals surface area contributed by atoms with E-state index in [2.05, 4.69) is 0 Å². The van der Waals surface area contributed by atoms with Crippen LogP contribution in [0.3, 0.4) is 0 Å². The van der Waals surface area contributed by atoms with Gasteiger partial charge < -0.3 is 31.3 Å². The molecule has 0 amide bonds. The third-order valence-corrected chi connectivity index (χ3v) is 1.81. The van der Waals surface area contributed by atoms with E-state index in [0.29, 0.717) is 13.0 Å². The molecule has 0 aliphatic rings. The molecule has 0 heterocycles. The summed E-state index contributed by atoms with van der Waals surface area (Å²) in [6.45, 7) is 0.546. The molecule has 0 saturated heterocycles. The van der Waals surface area contributed by atoms with Crippen LogP contribution in [0.25, 0.3) is 0 Å².